The largest absolute Gasteiger partial charge is 0.462 e. The SMILES string of the molecule is CCOC(=O)c1c(NC(=O)/C(C#N)=C/c2ccc(-c3ccc(Br)cc3)o2)sc2c1CCCC2. The average Bonchev–Trinajstić information content (AvgIpc) is 3.42. The Kier molecular flexibility index (Phi) is 7.11. The highest BCUT2D eigenvalue weighted by atomic mass is 79.9. The van der Waals surface area contributed by atoms with Gasteiger partial charge in [-0.3, -0.25) is 4.79 Å². The van der Waals surface area contributed by atoms with Crippen LogP contribution >= 0.6 is 27.3 Å². The van der Waals surface area contributed by atoms with Crippen molar-refractivity contribution >= 4 is 50.2 Å². The average molecular weight is 525 g/mol. The Morgan fingerprint density at radius 2 is 1.97 bits per heavy atom. The summed E-state index contributed by atoms with van der Waals surface area (Å²) in [5.74, 6) is -0.0271. The minimum Gasteiger partial charge on any atom is -0.462 e. The molecule has 0 unspecified atom stereocenters. The number of thiophene rings is 1. The molecule has 0 spiro atoms. The number of aryl methyl sites for hydroxylation is 1. The van der Waals surface area contributed by atoms with Crippen molar-refractivity contribution in [2.45, 2.75) is 32.6 Å². The number of carbonyl (C=O) groups is 2. The first-order chi connectivity index (χ1) is 16.0. The summed E-state index contributed by atoms with van der Waals surface area (Å²) in [6.07, 6.45) is 5.09. The normalized spacial score (nSPS) is 13.2. The zero-order valence-electron chi connectivity index (χ0n) is 17.9. The molecule has 0 saturated heterocycles. The fourth-order valence-corrected chi connectivity index (χ4v) is 5.27. The lowest BCUT2D eigenvalue weighted by atomic mass is 9.95. The number of hydrogen-bond donors (Lipinski definition) is 1. The monoisotopic (exact) mass is 524 g/mol. The second-order valence-corrected chi connectivity index (χ2v) is 9.49. The number of nitrogens with one attached hydrogen (secondary N) is 1. The zero-order valence-corrected chi connectivity index (χ0v) is 20.3. The van der Waals surface area contributed by atoms with Crippen LogP contribution in [-0.4, -0.2) is 18.5 Å². The maximum Gasteiger partial charge on any atom is 0.341 e. The Bertz CT molecular complexity index is 1260. The van der Waals surface area contributed by atoms with Crippen LogP contribution in [0.1, 0.15) is 46.3 Å². The van der Waals surface area contributed by atoms with Crippen LogP contribution in [0.15, 0.2) is 50.9 Å². The number of nitrogens with zero attached hydrogens (tertiary/aromatic N) is 1. The summed E-state index contributed by atoms with van der Waals surface area (Å²) in [5, 5.41) is 12.8. The molecule has 0 aliphatic heterocycles. The van der Waals surface area contributed by atoms with Crippen molar-refractivity contribution in [3.8, 4) is 17.4 Å². The van der Waals surface area contributed by atoms with Gasteiger partial charge in [0.05, 0.1) is 12.2 Å². The van der Waals surface area contributed by atoms with Gasteiger partial charge in [-0.1, -0.05) is 28.1 Å². The Labute approximate surface area is 204 Å². The van der Waals surface area contributed by atoms with Crippen molar-refractivity contribution in [3.63, 3.8) is 0 Å². The van der Waals surface area contributed by atoms with Crippen LogP contribution < -0.4 is 5.32 Å². The molecule has 8 heteroatoms. The highest BCUT2D eigenvalue weighted by molar-refractivity contribution is 9.10. The number of fused-ring (bicyclic) bond motifs is 1. The summed E-state index contributed by atoms with van der Waals surface area (Å²) in [7, 11) is 0. The van der Waals surface area contributed by atoms with Crippen LogP contribution in [0, 0.1) is 11.3 Å². The van der Waals surface area contributed by atoms with E-state index in [2.05, 4.69) is 21.2 Å². The van der Waals surface area contributed by atoms with E-state index in [-0.39, 0.29) is 12.2 Å². The molecule has 1 aromatic carbocycles. The number of carbonyl (C=O) groups excluding carboxylic acids is 2. The summed E-state index contributed by atoms with van der Waals surface area (Å²) < 4.78 is 12.0. The third-order valence-electron chi connectivity index (χ3n) is 5.29. The van der Waals surface area contributed by atoms with E-state index >= 15 is 0 Å². The van der Waals surface area contributed by atoms with E-state index in [9.17, 15) is 14.9 Å². The minimum atomic E-state index is -0.594. The predicted octanol–water partition coefficient (Wildman–Crippen LogP) is 6.37. The summed E-state index contributed by atoms with van der Waals surface area (Å²) >= 11 is 4.79. The molecular weight excluding hydrogens is 504 g/mol. The Morgan fingerprint density at radius 3 is 2.70 bits per heavy atom. The van der Waals surface area contributed by atoms with E-state index in [4.69, 9.17) is 9.15 Å². The van der Waals surface area contributed by atoms with Gasteiger partial charge in [-0.05, 0) is 62.4 Å². The van der Waals surface area contributed by atoms with Gasteiger partial charge in [0.25, 0.3) is 5.91 Å². The zero-order chi connectivity index (χ0) is 23.4. The van der Waals surface area contributed by atoms with E-state index in [1.165, 1.54) is 17.4 Å². The van der Waals surface area contributed by atoms with Crippen LogP contribution in [0.3, 0.4) is 0 Å². The lowest BCUT2D eigenvalue weighted by Crippen LogP contribution is -2.16. The van der Waals surface area contributed by atoms with Crippen molar-refractivity contribution in [1.82, 2.24) is 0 Å². The molecule has 2 heterocycles. The first-order valence-corrected chi connectivity index (χ1v) is 12.2. The van der Waals surface area contributed by atoms with Crippen LogP contribution in [0.2, 0.25) is 0 Å². The lowest BCUT2D eigenvalue weighted by molar-refractivity contribution is -0.112. The molecule has 0 saturated carbocycles. The molecule has 0 fully saturated rings. The number of anilines is 1. The molecule has 0 radical (unpaired) electrons. The molecule has 1 amide bonds. The van der Waals surface area contributed by atoms with Gasteiger partial charge in [0.1, 0.15) is 28.2 Å². The maximum absolute atomic E-state index is 12.9. The third kappa shape index (κ3) is 5.10. The highest BCUT2D eigenvalue weighted by Gasteiger charge is 2.27. The second-order valence-electron chi connectivity index (χ2n) is 7.47. The number of ether oxygens (including phenoxy) is 1. The van der Waals surface area contributed by atoms with Gasteiger partial charge in [-0.15, -0.1) is 11.3 Å². The molecular formula is C25H21BrN2O4S. The van der Waals surface area contributed by atoms with Crippen LogP contribution in [0.5, 0.6) is 0 Å². The van der Waals surface area contributed by atoms with Gasteiger partial charge >= 0.3 is 5.97 Å². The van der Waals surface area contributed by atoms with Gasteiger partial charge in [0.2, 0.25) is 0 Å². The summed E-state index contributed by atoms with van der Waals surface area (Å²) in [6, 6.07) is 13.0. The molecule has 3 aromatic rings. The summed E-state index contributed by atoms with van der Waals surface area (Å²) in [4.78, 5) is 26.6. The molecule has 1 aliphatic carbocycles. The lowest BCUT2D eigenvalue weighted by Gasteiger charge is -2.12. The number of nitriles is 1. The first kappa shape index (κ1) is 23.0. The first-order valence-electron chi connectivity index (χ1n) is 10.6. The number of rotatable bonds is 6. The quantitative estimate of drug-likeness (QED) is 0.229. The molecule has 4 rings (SSSR count). The van der Waals surface area contributed by atoms with Crippen molar-refractivity contribution in [2.24, 2.45) is 0 Å². The molecule has 0 atom stereocenters. The number of esters is 1. The van der Waals surface area contributed by atoms with Crippen LogP contribution in [0.4, 0.5) is 5.00 Å². The van der Waals surface area contributed by atoms with E-state index in [1.54, 1.807) is 19.1 Å². The maximum atomic E-state index is 12.9. The summed E-state index contributed by atoms with van der Waals surface area (Å²) in [5.41, 5.74) is 2.13. The van der Waals surface area contributed by atoms with Gasteiger partial charge in [0.15, 0.2) is 0 Å². The smallest absolute Gasteiger partial charge is 0.341 e. The minimum absolute atomic E-state index is 0.118. The number of halogens is 1. The molecule has 2 aromatic heterocycles. The van der Waals surface area contributed by atoms with E-state index in [1.807, 2.05) is 30.3 Å². The molecule has 168 valence electrons. The number of benzene rings is 1. The van der Waals surface area contributed by atoms with Crippen LogP contribution in [-0.2, 0) is 22.4 Å². The van der Waals surface area contributed by atoms with Crippen molar-refractivity contribution < 1.29 is 18.7 Å². The fourth-order valence-electron chi connectivity index (χ4n) is 3.73. The Morgan fingerprint density at radius 1 is 1.21 bits per heavy atom. The van der Waals surface area contributed by atoms with Gasteiger partial charge in [0, 0.05) is 21.0 Å². The van der Waals surface area contributed by atoms with Crippen molar-refractivity contribution in [2.75, 3.05) is 11.9 Å². The molecule has 33 heavy (non-hydrogen) atoms. The molecule has 0 bridgehead atoms. The number of hydrogen-bond acceptors (Lipinski definition) is 6. The van der Waals surface area contributed by atoms with Crippen molar-refractivity contribution in [3.05, 3.63) is 68.2 Å². The summed E-state index contributed by atoms with van der Waals surface area (Å²) in [6.45, 7) is 2.00. The third-order valence-corrected chi connectivity index (χ3v) is 7.02. The highest BCUT2D eigenvalue weighted by Crippen LogP contribution is 2.39. The molecule has 1 aliphatic rings. The van der Waals surface area contributed by atoms with E-state index < -0.39 is 11.9 Å². The van der Waals surface area contributed by atoms with Crippen LogP contribution in [0.25, 0.3) is 17.4 Å². The number of amides is 1. The second kappa shape index (κ2) is 10.2. The Hall–Kier alpha value is -3.15. The van der Waals surface area contributed by atoms with Gasteiger partial charge < -0.3 is 14.5 Å². The standard InChI is InChI=1S/C25H21BrN2O4S/c1-2-31-25(30)22-19-5-3-4-6-21(19)33-24(22)28-23(29)16(14-27)13-18-11-12-20(32-18)15-7-9-17(26)10-8-15/h7-13H,2-6H2,1H3,(H,28,29)/b16-13+. The van der Waals surface area contributed by atoms with Gasteiger partial charge in [-0.25, -0.2) is 4.79 Å². The Balaban J connectivity index is 1.58. The topological polar surface area (TPSA) is 92.3 Å². The van der Waals surface area contributed by atoms with E-state index in [0.717, 1.165) is 46.2 Å². The van der Waals surface area contributed by atoms with E-state index in [0.29, 0.717) is 22.1 Å². The predicted molar refractivity (Wildman–Crippen MR) is 131 cm³/mol. The number of furan rings is 1. The molecule has 1 N–H and O–H groups in total. The fraction of sp³-hybridized carbons (Fsp3) is 0.240. The van der Waals surface area contributed by atoms with Gasteiger partial charge in [-0.2, -0.15) is 5.26 Å². The van der Waals surface area contributed by atoms with Crippen molar-refractivity contribution in [1.29, 1.82) is 5.26 Å². The molecule has 6 nitrogen and oxygen atoms in total.